The van der Waals surface area contributed by atoms with Gasteiger partial charge in [-0.1, -0.05) is 29.3 Å². The van der Waals surface area contributed by atoms with Crippen molar-refractivity contribution in [3.05, 3.63) is 70.9 Å². The van der Waals surface area contributed by atoms with E-state index in [4.69, 9.17) is 16.3 Å². The van der Waals surface area contributed by atoms with E-state index in [0.29, 0.717) is 28.0 Å². The normalized spacial score (nSPS) is 10.3. The van der Waals surface area contributed by atoms with E-state index in [2.05, 4.69) is 20.6 Å². The molecule has 132 valence electrons. The predicted molar refractivity (Wildman–Crippen MR) is 103 cm³/mol. The Hall–Kier alpha value is -3.12. The van der Waals surface area contributed by atoms with Crippen LogP contribution in [0.4, 0.5) is 23.1 Å². The highest BCUT2D eigenvalue weighted by molar-refractivity contribution is 6.33. The minimum Gasteiger partial charge on any atom is -0.465 e. The van der Waals surface area contributed by atoms with E-state index in [1.54, 1.807) is 30.5 Å². The molecule has 0 fully saturated rings. The number of carbonyl (C=O) groups excluding carboxylic acids is 1. The van der Waals surface area contributed by atoms with Crippen molar-refractivity contribution in [1.29, 1.82) is 0 Å². The monoisotopic (exact) mass is 368 g/mol. The molecule has 6 nitrogen and oxygen atoms in total. The van der Waals surface area contributed by atoms with Crippen molar-refractivity contribution >= 4 is 40.7 Å². The standard InChI is InChI=1S/C19H17ClN4O2/c1-12-3-6-14(7-4-12)22-19-21-10-9-17(24-19)23-16-11-13(18(25)26-2)5-8-15(16)20/h3-11H,1-2H3,(H2,21,22,23,24). The van der Waals surface area contributed by atoms with E-state index in [1.165, 1.54) is 12.7 Å². The van der Waals surface area contributed by atoms with E-state index >= 15 is 0 Å². The fourth-order valence-corrected chi connectivity index (χ4v) is 2.42. The molecule has 2 N–H and O–H groups in total. The van der Waals surface area contributed by atoms with E-state index in [9.17, 15) is 4.79 Å². The largest absolute Gasteiger partial charge is 0.465 e. The van der Waals surface area contributed by atoms with E-state index in [-0.39, 0.29) is 0 Å². The van der Waals surface area contributed by atoms with Crippen LogP contribution in [0.1, 0.15) is 15.9 Å². The lowest BCUT2D eigenvalue weighted by Gasteiger charge is -2.11. The van der Waals surface area contributed by atoms with Crippen molar-refractivity contribution < 1.29 is 9.53 Å². The van der Waals surface area contributed by atoms with E-state index < -0.39 is 5.97 Å². The number of hydrogen-bond acceptors (Lipinski definition) is 6. The molecule has 0 atom stereocenters. The number of rotatable bonds is 5. The SMILES string of the molecule is COC(=O)c1ccc(Cl)c(Nc2ccnc(Nc3ccc(C)cc3)n2)c1. The van der Waals surface area contributed by atoms with Crippen LogP contribution in [0, 0.1) is 6.92 Å². The number of aromatic nitrogens is 2. The zero-order valence-electron chi connectivity index (χ0n) is 14.3. The molecule has 0 amide bonds. The van der Waals surface area contributed by atoms with Gasteiger partial charge < -0.3 is 15.4 Å². The van der Waals surface area contributed by atoms with Gasteiger partial charge in [0.1, 0.15) is 5.82 Å². The first-order valence-corrected chi connectivity index (χ1v) is 8.24. The van der Waals surface area contributed by atoms with E-state index in [0.717, 1.165) is 5.69 Å². The van der Waals surface area contributed by atoms with Gasteiger partial charge in [-0.15, -0.1) is 0 Å². The van der Waals surface area contributed by atoms with Crippen LogP contribution in [-0.4, -0.2) is 23.0 Å². The van der Waals surface area contributed by atoms with Crippen molar-refractivity contribution in [1.82, 2.24) is 9.97 Å². The summed E-state index contributed by atoms with van der Waals surface area (Å²) in [6, 6.07) is 14.5. The van der Waals surface area contributed by atoms with Crippen molar-refractivity contribution in [2.45, 2.75) is 6.92 Å². The van der Waals surface area contributed by atoms with Gasteiger partial charge in [-0.3, -0.25) is 0 Å². The lowest BCUT2D eigenvalue weighted by atomic mass is 10.2. The summed E-state index contributed by atoms with van der Waals surface area (Å²) in [5.74, 6) is 0.548. The molecule has 0 saturated heterocycles. The van der Waals surface area contributed by atoms with Crippen LogP contribution < -0.4 is 10.6 Å². The van der Waals surface area contributed by atoms with Gasteiger partial charge in [-0.2, -0.15) is 4.98 Å². The number of nitrogens with one attached hydrogen (secondary N) is 2. The van der Waals surface area contributed by atoms with Crippen molar-refractivity contribution in [3.8, 4) is 0 Å². The summed E-state index contributed by atoms with van der Waals surface area (Å²) in [5, 5.41) is 6.70. The molecule has 0 aliphatic carbocycles. The average Bonchev–Trinajstić information content (AvgIpc) is 2.65. The fourth-order valence-electron chi connectivity index (χ4n) is 2.26. The minimum atomic E-state index is -0.436. The van der Waals surface area contributed by atoms with Crippen molar-refractivity contribution in [3.63, 3.8) is 0 Å². The van der Waals surface area contributed by atoms with Crippen molar-refractivity contribution in [2.75, 3.05) is 17.7 Å². The van der Waals surface area contributed by atoms with Gasteiger partial charge >= 0.3 is 5.97 Å². The maximum Gasteiger partial charge on any atom is 0.337 e. The molecular formula is C19H17ClN4O2. The highest BCUT2D eigenvalue weighted by atomic mass is 35.5. The molecule has 26 heavy (non-hydrogen) atoms. The maximum atomic E-state index is 11.7. The lowest BCUT2D eigenvalue weighted by Crippen LogP contribution is -2.04. The number of nitrogens with zero attached hydrogens (tertiary/aromatic N) is 2. The molecule has 3 aromatic rings. The lowest BCUT2D eigenvalue weighted by molar-refractivity contribution is 0.0601. The number of benzene rings is 2. The molecule has 0 radical (unpaired) electrons. The summed E-state index contributed by atoms with van der Waals surface area (Å²) in [5.41, 5.74) is 3.01. The van der Waals surface area contributed by atoms with Crippen LogP contribution in [0.5, 0.6) is 0 Å². The Kier molecular flexibility index (Phi) is 5.34. The fraction of sp³-hybridized carbons (Fsp3) is 0.105. The highest BCUT2D eigenvalue weighted by Crippen LogP contribution is 2.26. The van der Waals surface area contributed by atoms with Crippen molar-refractivity contribution in [2.24, 2.45) is 0 Å². The van der Waals surface area contributed by atoms with Gasteiger partial charge in [0.15, 0.2) is 0 Å². The number of esters is 1. The summed E-state index contributed by atoms with van der Waals surface area (Å²) in [6.07, 6.45) is 1.63. The number of carbonyl (C=O) groups is 1. The summed E-state index contributed by atoms with van der Waals surface area (Å²) in [6.45, 7) is 2.02. The van der Waals surface area contributed by atoms with Gasteiger partial charge in [-0.05, 0) is 43.3 Å². The number of halogens is 1. The Bertz CT molecular complexity index is 929. The van der Waals surface area contributed by atoms with Gasteiger partial charge in [-0.25, -0.2) is 9.78 Å². The molecule has 0 saturated carbocycles. The number of hydrogen-bond donors (Lipinski definition) is 2. The number of anilines is 4. The number of ether oxygens (including phenoxy) is 1. The molecule has 0 aliphatic heterocycles. The Labute approximate surface area is 156 Å². The summed E-state index contributed by atoms with van der Waals surface area (Å²) in [4.78, 5) is 20.3. The second kappa shape index (κ2) is 7.84. The molecule has 1 aromatic heterocycles. The van der Waals surface area contributed by atoms with Gasteiger partial charge in [0.2, 0.25) is 5.95 Å². The second-order valence-electron chi connectivity index (χ2n) is 5.57. The minimum absolute atomic E-state index is 0.395. The molecule has 1 heterocycles. The molecule has 0 aliphatic rings. The average molecular weight is 369 g/mol. The molecule has 2 aromatic carbocycles. The molecule has 3 rings (SSSR count). The number of aryl methyl sites for hydroxylation is 1. The zero-order valence-corrected chi connectivity index (χ0v) is 15.0. The van der Waals surface area contributed by atoms with Gasteiger partial charge in [0.05, 0.1) is 23.4 Å². The Balaban J connectivity index is 1.80. The molecular weight excluding hydrogens is 352 g/mol. The van der Waals surface area contributed by atoms with Crippen LogP contribution in [-0.2, 0) is 4.74 Å². The molecule has 7 heteroatoms. The first kappa shape index (κ1) is 17.7. The third-order valence-corrected chi connectivity index (χ3v) is 3.94. The van der Waals surface area contributed by atoms with Crippen LogP contribution in [0.15, 0.2) is 54.7 Å². The van der Waals surface area contributed by atoms with Gasteiger partial charge in [0, 0.05) is 11.9 Å². The molecule has 0 bridgehead atoms. The summed E-state index contributed by atoms with van der Waals surface area (Å²) < 4.78 is 4.73. The summed E-state index contributed by atoms with van der Waals surface area (Å²) in [7, 11) is 1.33. The smallest absolute Gasteiger partial charge is 0.337 e. The Morgan fingerprint density at radius 1 is 1.08 bits per heavy atom. The summed E-state index contributed by atoms with van der Waals surface area (Å²) >= 11 is 6.20. The topological polar surface area (TPSA) is 76.1 Å². The first-order chi connectivity index (χ1) is 12.5. The van der Waals surface area contributed by atoms with Crippen LogP contribution in [0.2, 0.25) is 5.02 Å². The third-order valence-electron chi connectivity index (χ3n) is 3.61. The first-order valence-electron chi connectivity index (χ1n) is 7.87. The van der Waals surface area contributed by atoms with Crippen LogP contribution in [0.25, 0.3) is 0 Å². The third kappa shape index (κ3) is 4.29. The molecule has 0 unspecified atom stereocenters. The van der Waals surface area contributed by atoms with Crippen LogP contribution in [0.3, 0.4) is 0 Å². The van der Waals surface area contributed by atoms with Crippen LogP contribution >= 0.6 is 11.6 Å². The number of methoxy groups -OCH3 is 1. The highest BCUT2D eigenvalue weighted by Gasteiger charge is 2.10. The maximum absolute atomic E-state index is 11.7. The van der Waals surface area contributed by atoms with E-state index in [1.807, 2.05) is 31.2 Å². The van der Waals surface area contributed by atoms with Gasteiger partial charge in [0.25, 0.3) is 0 Å². The quantitative estimate of drug-likeness (QED) is 0.635. The Morgan fingerprint density at radius 2 is 1.85 bits per heavy atom. The Morgan fingerprint density at radius 3 is 2.58 bits per heavy atom. The zero-order chi connectivity index (χ0) is 18.5. The predicted octanol–water partition coefficient (Wildman–Crippen LogP) is 4.71. The molecule has 0 spiro atoms. The second-order valence-corrected chi connectivity index (χ2v) is 5.97.